The minimum Gasteiger partial charge on any atom is -0.340 e. The molecule has 1 unspecified atom stereocenters. The van der Waals surface area contributed by atoms with Crippen LogP contribution in [0.5, 0.6) is 0 Å². The van der Waals surface area contributed by atoms with E-state index in [-0.39, 0.29) is 5.91 Å². The van der Waals surface area contributed by atoms with Gasteiger partial charge < -0.3 is 14.4 Å². The maximum Gasteiger partial charge on any atom is 0.266 e. The van der Waals surface area contributed by atoms with Gasteiger partial charge in [-0.2, -0.15) is 0 Å². The highest BCUT2D eigenvalue weighted by Crippen LogP contribution is 2.32. The largest absolute Gasteiger partial charge is 0.340 e. The molecule has 7 heteroatoms. The highest BCUT2D eigenvalue weighted by molar-refractivity contribution is 7.12. The first kappa shape index (κ1) is 17.9. The number of hydrogen-bond donors (Lipinski definition) is 0. The molecule has 0 N–H and O–H groups in total. The molecule has 3 aliphatic rings. The van der Waals surface area contributed by atoms with Crippen LogP contribution in [0.15, 0.2) is 36.0 Å². The monoisotopic (exact) mass is 398 g/mol. The van der Waals surface area contributed by atoms with Crippen molar-refractivity contribution in [1.82, 2.24) is 19.3 Å². The Balaban J connectivity index is 1.19. The molecule has 0 spiro atoms. The van der Waals surface area contributed by atoms with Crippen LogP contribution in [0.25, 0.3) is 5.69 Å². The Morgan fingerprint density at radius 3 is 2.39 bits per heavy atom. The Morgan fingerprint density at radius 1 is 0.929 bits per heavy atom. The second-order valence-electron chi connectivity index (χ2n) is 8.05. The van der Waals surface area contributed by atoms with Crippen LogP contribution in [0.3, 0.4) is 0 Å². The maximum absolute atomic E-state index is 13.1. The summed E-state index contributed by atoms with van der Waals surface area (Å²) < 4.78 is 2.01. The Labute approximate surface area is 169 Å². The van der Waals surface area contributed by atoms with Gasteiger partial charge in [0.2, 0.25) is 5.91 Å². The van der Waals surface area contributed by atoms with Crippen molar-refractivity contribution >= 4 is 23.2 Å². The topological polar surface area (TPSA) is 48.8 Å². The Hall–Kier alpha value is -2.12. The van der Waals surface area contributed by atoms with Gasteiger partial charge >= 0.3 is 0 Å². The first-order chi connectivity index (χ1) is 13.7. The summed E-state index contributed by atoms with van der Waals surface area (Å²) in [4.78, 5) is 32.7. The lowest BCUT2D eigenvalue weighted by molar-refractivity contribution is -0.134. The maximum atomic E-state index is 13.1. The van der Waals surface area contributed by atoms with Gasteiger partial charge in [0.1, 0.15) is 4.88 Å². The fourth-order valence-corrected chi connectivity index (χ4v) is 5.28. The number of piperazine rings is 1. The molecule has 2 saturated heterocycles. The molecule has 1 saturated carbocycles. The van der Waals surface area contributed by atoms with E-state index >= 15 is 0 Å². The lowest BCUT2D eigenvalue weighted by Gasteiger charge is -2.38. The second kappa shape index (κ2) is 7.37. The summed E-state index contributed by atoms with van der Waals surface area (Å²) in [7, 11) is 0. The van der Waals surface area contributed by atoms with Crippen LogP contribution in [-0.4, -0.2) is 76.4 Å². The van der Waals surface area contributed by atoms with Crippen LogP contribution in [0, 0.1) is 5.92 Å². The second-order valence-corrected chi connectivity index (χ2v) is 8.97. The number of rotatable bonds is 4. The van der Waals surface area contributed by atoms with E-state index in [1.807, 2.05) is 50.3 Å². The zero-order valence-electron chi connectivity index (χ0n) is 16.0. The third-order valence-electron chi connectivity index (χ3n) is 6.24. The highest BCUT2D eigenvalue weighted by atomic mass is 32.1. The molecule has 4 heterocycles. The molecule has 2 aromatic heterocycles. The van der Waals surface area contributed by atoms with Crippen LogP contribution < -0.4 is 0 Å². The van der Waals surface area contributed by atoms with Crippen LogP contribution in [-0.2, 0) is 4.79 Å². The fourth-order valence-electron chi connectivity index (χ4n) is 4.42. The minimum atomic E-state index is 0.142. The Morgan fingerprint density at radius 2 is 1.68 bits per heavy atom. The van der Waals surface area contributed by atoms with E-state index in [4.69, 9.17) is 0 Å². The van der Waals surface area contributed by atoms with Crippen molar-refractivity contribution in [3.8, 4) is 5.69 Å². The number of carbonyl (C=O) groups is 2. The molecule has 28 heavy (non-hydrogen) atoms. The summed E-state index contributed by atoms with van der Waals surface area (Å²) in [5, 5.41) is 1.99. The molecule has 1 aliphatic carbocycles. The Bertz CT molecular complexity index is 850. The molecule has 1 atom stereocenters. The van der Waals surface area contributed by atoms with E-state index in [1.165, 1.54) is 11.3 Å². The number of hydrogen-bond acceptors (Lipinski definition) is 4. The van der Waals surface area contributed by atoms with Crippen molar-refractivity contribution in [2.45, 2.75) is 25.3 Å². The summed E-state index contributed by atoms with van der Waals surface area (Å²) in [5.41, 5.74) is 0.968. The summed E-state index contributed by atoms with van der Waals surface area (Å²) in [6.45, 7) is 5.13. The van der Waals surface area contributed by atoms with Crippen LogP contribution in [0.2, 0.25) is 0 Å². The number of thiophene rings is 1. The standard InChI is InChI=1S/C21H26N4O2S/c26-20(16-3-4-16)24-12-10-22(11-13-24)17-5-9-25(15-17)21(27)19-18(6-14-28-19)23-7-1-2-8-23/h1-2,6-8,14,16-17H,3-5,9-13,15H2. The van der Waals surface area contributed by atoms with E-state index in [9.17, 15) is 9.59 Å². The SMILES string of the molecule is O=C(c1sccc1-n1cccc1)N1CCC(N2CCN(C(=O)C3CC3)CC2)C1. The number of nitrogens with zero attached hydrogens (tertiary/aromatic N) is 4. The van der Waals surface area contributed by atoms with Crippen molar-refractivity contribution < 1.29 is 9.59 Å². The average molecular weight is 399 g/mol. The van der Waals surface area contributed by atoms with Crippen LogP contribution in [0.1, 0.15) is 28.9 Å². The van der Waals surface area contributed by atoms with Gasteiger partial charge in [0, 0.05) is 63.6 Å². The van der Waals surface area contributed by atoms with Gasteiger partial charge in [-0.15, -0.1) is 11.3 Å². The normalized spacial score (nSPS) is 23.4. The fraction of sp³-hybridized carbons (Fsp3) is 0.524. The van der Waals surface area contributed by atoms with E-state index < -0.39 is 0 Å². The van der Waals surface area contributed by atoms with E-state index in [0.29, 0.717) is 17.9 Å². The van der Waals surface area contributed by atoms with Gasteiger partial charge in [-0.05, 0) is 42.8 Å². The lowest BCUT2D eigenvalue weighted by atomic mass is 10.2. The predicted molar refractivity (Wildman–Crippen MR) is 109 cm³/mol. The molecule has 0 aromatic carbocycles. The summed E-state index contributed by atoms with van der Waals surface area (Å²) in [6.07, 6.45) is 7.13. The van der Waals surface area contributed by atoms with Crippen molar-refractivity contribution in [2.24, 2.45) is 5.92 Å². The number of amides is 2. The molecule has 3 fully saturated rings. The van der Waals surface area contributed by atoms with Crippen molar-refractivity contribution in [2.75, 3.05) is 39.3 Å². The van der Waals surface area contributed by atoms with Crippen molar-refractivity contribution in [1.29, 1.82) is 0 Å². The summed E-state index contributed by atoms with van der Waals surface area (Å²) in [6, 6.07) is 6.38. The van der Waals surface area contributed by atoms with Gasteiger partial charge in [-0.3, -0.25) is 14.5 Å². The molecular formula is C21H26N4O2S. The minimum absolute atomic E-state index is 0.142. The smallest absolute Gasteiger partial charge is 0.266 e. The third-order valence-corrected chi connectivity index (χ3v) is 7.13. The molecule has 148 valence electrons. The first-order valence-electron chi connectivity index (χ1n) is 10.2. The zero-order valence-corrected chi connectivity index (χ0v) is 16.8. The van der Waals surface area contributed by atoms with Crippen LogP contribution in [0.4, 0.5) is 0 Å². The lowest BCUT2D eigenvalue weighted by Crippen LogP contribution is -2.53. The van der Waals surface area contributed by atoms with E-state index in [2.05, 4.69) is 4.90 Å². The van der Waals surface area contributed by atoms with Crippen LogP contribution >= 0.6 is 11.3 Å². The quantitative estimate of drug-likeness (QED) is 0.794. The first-order valence-corrected chi connectivity index (χ1v) is 11.1. The van der Waals surface area contributed by atoms with Gasteiger partial charge in [0.05, 0.1) is 5.69 Å². The van der Waals surface area contributed by atoms with Gasteiger partial charge in [-0.25, -0.2) is 0 Å². The van der Waals surface area contributed by atoms with Crippen molar-refractivity contribution in [3.05, 3.63) is 40.8 Å². The van der Waals surface area contributed by atoms with E-state index in [1.54, 1.807) is 0 Å². The van der Waals surface area contributed by atoms with Gasteiger partial charge in [-0.1, -0.05) is 0 Å². The number of carbonyl (C=O) groups excluding carboxylic acids is 2. The third kappa shape index (κ3) is 3.37. The molecule has 0 radical (unpaired) electrons. The summed E-state index contributed by atoms with van der Waals surface area (Å²) in [5.74, 6) is 0.813. The molecule has 2 aromatic rings. The number of likely N-dealkylation sites (tertiary alicyclic amines) is 1. The predicted octanol–water partition coefficient (Wildman–Crippen LogP) is 2.31. The average Bonchev–Trinajstić information content (AvgIpc) is 3.14. The zero-order chi connectivity index (χ0) is 19.1. The van der Waals surface area contributed by atoms with Gasteiger partial charge in [0.25, 0.3) is 5.91 Å². The summed E-state index contributed by atoms with van der Waals surface area (Å²) >= 11 is 1.52. The Kier molecular flexibility index (Phi) is 4.72. The molecule has 2 aliphatic heterocycles. The molecular weight excluding hydrogens is 372 g/mol. The van der Waals surface area contributed by atoms with E-state index in [0.717, 1.165) is 69.1 Å². The molecule has 6 nitrogen and oxygen atoms in total. The molecule has 5 rings (SSSR count). The molecule has 0 bridgehead atoms. The number of aromatic nitrogens is 1. The van der Waals surface area contributed by atoms with Gasteiger partial charge in [0.15, 0.2) is 0 Å². The van der Waals surface area contributed by atoms with Crippen molar-refractivity contribution in [3.63, 3.8) is 0 Å². The molecule has 2 amide bonds. The highest BCUT2D eigenvalue weighted by Gasteiger charge is 2.37.